The van der Waals surface area contributed by atoms with Gasteiger partial charge in [-0.05, 0) is 0 Å². The molecule has 22 heavy (non-hydrogen) atoms. The first kappa shape index (κ1) is 17.8. The smallest absolute Gasteiger partial charge is 0.358 e. The summed E-state index contributed by atoms with van der Waals surface area (Å²) in [4.78, 5) is 27.0. The number of nitrogens with one attached hydrogen (secondary N) is 1. The highest BCUT2D eigenvalue weighted by atomic mass is 16.7. The lowest BCUT2D eigenvalue weighted by atomic mass is 10.4. The zero-order chi connectivity index (χ0) is 16.4. The van der Waals surface area contributed by atoms with Crippen LogP contribution in [-0.4, -0.2) is 59.8 Å². The van der Waals surface area contributed by atoms with Crippen molar-refractivity contribution < 1.29 is 34.1 Å². The Kier molecular flexibility index (Phi) is 7.79. The molecule has 1 amide bonds. The summed E-state index contributed by atoms with van der Waals surface area (Å²) in [7, 11) is 0. The van der Waals surface area contributed by atoms with Crippen LogP contribution >= 0.6 is 0 Å². The van der Waals surface area contributed by atoms with Crippen molar-refractivity contribution >= 4 is 11.9 Å². The third kappa shape index (κ3) is 6.46. The van der Waals surface area contributed by atoms with Crippen LogP contribution in [0, 0.1) is 0 Å². The molecule has 0 saturated heterocycles. The van der Waals surface area contributed by atoms with Gasteiger partial charge in [0.05, 0.1) is 19.8 Å². The molecule has 1 aromatic heterocycles. The van der Waals surface area contributed by atoms with E-state index < -0.39 is 17.7 Å². The van der Waals surface area contributed by atoms with Gasteiger partial charge in [0.25, 0.3) is 0 Å². The molecule has 0 aromatic carbocycles. The van der Waals surface area contributed by atoms with Crippen LogP contribution in [0.5, 0.6) is 11.8 Å². The third-order valence-corrected chi connectivity index (χ3v) is 2.47. The number of carbonyl (C=O) groups excluding carboxylic acids is 2. The molecule has 0 spiro atoms. The van der Waals surface area contributed by atoms with E-state index in [2.05, 4.69) is 10.2 Å². The molecule has 1 rings (SSSR count). The van der Waals surface area contributed by atoms with Gasteiger partial charge in [0, 0.05) is 25.1 Å². The van der Waals surface area contributed by atoms with Gasteiger partial charge in [-0.1, -0.05) is 6.92 Å². The van der Waals surface area contributed by atoms with E-state index in [-0.39, 0.29) is 25.7 Å². The minimum Gasteiger partial charge on any atom is -0.492 e. The van der Waals surface area contributed by atoms with Crippen molar-refractivity contribution in [1.82, 2.24) is 10.0 Å². The molecular formula is C13H20N2O7. The van der Waals surface area contributed by atoms with Crippen molar-refractivity contribution in [2.45, 2.75) is 13.3 Å². The summed E-state index contributed by atoms with van der Waals surface area (Å²) >= 11 is 0. The minimum absolute atomic E-state index is 0.0425. The fourth-order valence-electron chi connectivity index (χ4n) is 1.39. The highest BCUT2D eigenvalue weighted by Gasteiger charge is 2.11. The Bertz CT molecular complexity index is 467. The summed E-state index contributed by atoms with van der Waals surface area (Å²) in [6, 6.07) is 2.35. The molecule has 0 saturated carbocycles. The van der Waals surface area contributed by atoms with Crippen LogP contribution in [0.15, 0.2) is 12.1 Å². The van der Waals surface area contributed by atoms with Crippen molar-refractivity contribution in [3.8, 4) is 11.8 Å². The fraction of sp³-hybridized carbons (Fsp3) is 0.538. The van der Waals surface area contributed by atoms with Gasteiger partial charge >= 0.3 is 5.97 Å². The maximum absolute atomic E-state index is 11.4. The van der Waals surface area contributed by atoms with E-state index in [0.717, 1.165) is 0 Å². The van der Waals surface area contributed by atoms with Crippen molar-refractivity contribution in [3.05, 3.63) is 12.1 Å². The Morgan fingerprint density at radius 2 is 1.77 bits per heavy atom. The first-order valence-electron chi connectivity index (χ1n) is 6.77. The van der Waals surface area contributed by atoms with Crippen LogP contribution in [0.25, 0.3) is 0 Å². The first-order chi connectivity index (χ1) is 10.5. The lowest BCUT2D eigenvalue weighted by Gasteiger charge is -2.08. The Balaban J connectivity index is 2.03. The Morgan fingerprint density at radius 1 is 1.14 bits per heavy atom. The number of hydrogen-bond donors (Lipinski definition) is 3. The summed E-state index contributed by atoms with van der Waals surface area (Å²) < 4.78 is 10.8. The molecule has 1 heterocycles. The Labute approximate surface area is 127 Å². The molecule has 124 valence electrons. The van der Waals surface area contributed by atoms with E-state index in [1.54, 1.807) is 6.92 Å². The molecule has 0 unspecified atom stereocenters. The summed E-state index contributed by atoms with van der Waals surface area (Å²) in [5.41, 5.74) is 0. The van der Waals surface area contributed by atoms with Gasteiger partial charge in [-0.3, -0.25) is 4.79 Å². The van der Waals surface area contributed by atoms with Gasteiger partial charge in [-0.2, -0.15) is 0 Å². The first-order valence-corrected chi connectivity index (χ1v) is 6.77. The largest absolute Gasteiger partial charge is 0.492 e. The summed E-state index contributed by atoms with van der Waals surface area (Å²) in [5, 5.41) is 21.2. The molecule has 0 fully saturated rings. The average molecular weight is 316 g/mol. The number of amides is 1. The van der Waals surface area contributed by atoms with Crippen LogP contribution in [0.3, 0.4) is 0 Å². The van der Waals surface area contributed by atoms with Crippen LogP contribution in [0.1, 0.15) is 13.3 Å². The van der Waals surface area contributed by atoms with Crippen LogP contribution in [0.2, 0.25) is 0 Å². The van der Waals surface area contributed by atoms with E-state index in [9.17, 15) is 19.8 Å². The predicted octanol–water partition coefficient (Wildman–Crippen LogP) is -0.586. The van der Waals surface area contributed by atoms with E-state index in [1.807, 2.05) is 0 Å². The SMILES string of the molecule is CCC(=O)NCCOCCOCC(=O)On1c(O)ccc1O. The fourth-order valence-corrected chi connectivity index (χ4v) is 1.39. The van der Waals surface area contributed by atoms with Crippen molar-refractivity contribution in [2.75, 3.05) is 33.0 Å². The third-order valence-electron chi connectivity index (χ3n) is 2.47. The lowest BCUT2D eigenvalue weighted by molar-refractivity contribution is -0.151. The van der Waals surface area contributed by atoms with Crippen LogP contribution < -0.4 is 10.2 Å². The topological polar surface area (TPSA) is 119 Å². The number of ether oxygens (including phenoxy) is 2. The molecule has 0 radical (unpaired) electrons. The molecule has 0 aliphatic rings. The second kappa shape index (κ2) is 9.64. The predicted molar refractivity (Wildman–Crippen MR) is 74.3 cm³/mol. The number of nitrogens with zero attached hydrogens (tertiary/aromatic N) is 1. The number of carbonyl (C=O) groups is 2. The molecule has 0 atom stereocenters. The molecule has 1 aromatic rings. The van der Waals surface area contributed by atoms with Crippen molar-refractivity contribution in [2.24, 2.45) is 0 Å². The highest BCUT2D eigenvalue weighted by molar-refractivity contribution is 5.75. The number of aromatic nitrogens is 1. The quantitative estimate of drug-likeness (QED) is 0.494. The maximum atomic E-state index is 11.4. The Morgan fingerprint density at radius 3 is 2.41 bits per heavy atom. The molecule has 3 N–H and O–H groups in total. The lowest BCUT2D eigenvalue weighted by Crippen LogP contribution is -2.27. The van der Waals surface area contributed by atoms with Crippen molar-refractivity contribution in [3.63, 3.8) is 0 Å². The molecule has 9 nitrogen and oxygen atoms in total. The molecule has 0 aliphatic carbocycles. The number of aromatic hydroxyl groups is 2. The summed E-state index contributed by atoms with van der Waals surface area (Å²) in [6.07, 6.45) is 0.428. The normalized spacial score (nSPS) is 10.4. The van der Waals surface area contributed by atoms with Crippen LogP contribution in [-0.2, 0) is 19.1 Å². The minimum atomic E-state index is -0.781. The molecule has 9 heteroatoms. The van der Waals surface area contributed by atoms with E-state index >= 15 is 0 Å². The number of hydrogen-bond acceptors (Lipinski definition) is 7. The molecule has 0 aliphatic heterocycles. The zero-order valence-corrected chi connectivity index (χ0v) is 12.3. The maximum Gasteiger partial charge on any atom is 0.358 e. The van der Waals surface area contributed by atoms with Crippen LogP contribution in [0.4, 0.5) is 0 Å². The van der Waals surface area contributed by atoms with Gasteiger partial charge in [0.1, 0.15) is 6.61 Å². The van der Waals surface area contributed by atoms with Gasteiger partial charge < -0.3 is 29.8 Å². The van der Waals surface area contributed by atoms with E-state index in [0.29, 0.717) is 24.3 Å². The van der Waals surface area contributed by atoms with Gasteiger partial charge in [0.15, 0.2) is 0 Å². The highest BCUT2D eigenvalue weighted by Crippen LogP contribution is 2.18. The summed E-state index contributed by atoms with van der Waals surface area (Å²) in [5.74, 6) is -1.62. The van der Waals surface area contributed by atoms with E-state index in [4.69, 9.17) is 9.47 Å². The average Bonchev–Trinajstić information content (AvgIpc) is 2.81. The van der Waals surface area contributed by atoms with Crippen molar-refractivity contribution in [1.29, 1.82) is 0 Å². The second-order valence-electron chi connectivity index (χ2n) is 4.18. The van der Waals surface area contributed by atoms with E-state index in [1.165, 1.54) is 12.1 Å². The standard InChI is InChI=1S/C13H20N2O7/c1-2-10(16)14-5-6-20-7-8-21-9-13(19)22-15-11(17)3-4-12(15)18/h3-4,17-18H,2,5-9H2,1H3,(H,14,16). The van der Waals surface area contributed by atoms with Gasteiger partial charge in [0.2, 0.25) is 17.7 Å². The monoisotopic (exact) mass is 316 g/mol. The second-order valence-corrected chi connectivity index (χ2v) is 4.18. The van der Waals surface area contributed by atoms with Gasteiger partial charge in [-0.25, -0.2) is 4.79 Å². The molecular weight excluding hydrogens is 296 g/mol. The molecule has 0 bridgehead atoms. The Hall–Kier alpha value is -2.26. The number of rotatable bonds is 10. The summed E-state index contributed by atoms with van der Waals surface area (Å²) in [6.45, 7) is 2.60. The zero-order valence-electron chi connectivity index (χ0n) is 12.3. The van der Waals surface area contributed by atoms with Gasteiger partial charge in [-0.15, -0.1) is 4.73 Å².